The average molecular weight is 306 g/mol. The first-order valence-corrected chi connectivity index (χ1v) is 8.35. The van der Waals surface area contributed by atoms with Crippen LogP contribution in [0, 0.1) is 0 Å². The number of carbonyl (C=O) groups is 1. The van der Waals surface area contributed by atoms with E-state index >= 15 is 0 Å². The molecule has 112 valence electrons. The van der Waals surface area contributed by atoms with Gasteiger partial charge in [-0.3, -0.25) is 4.79 Å². The van der Waals surface area contributed by atoms with Crippen molar-refractivity contribution >= 4 is 26.7 Å². The molecule has 2 aromatic rings. The summed E-state index contributed by atoms with van der Waals surface area (Å²) in [5.74, 6) is -0.826. The minimum absolute atomic E-state index is 0.0234. The zero-order valence-electron chi connectivity index (χ0n) is 11.7. The smallest absolute Gasteiger partial charge is 0.227 e. The third kappa shape index (κ3) is 4.27. The maximum absolute atomic E-state index is 12.0. The van der Waals surface area contributed by atoms with Crippen LogP contribution >= 0.6 is 0 Å². The first-order valence-electron chi connectivity index (χ1n) is 6.64. The quantitative estimate of drug-likeness (QED) is 0.873. The monoisotopic (exact) mass is 306 g/mol. The van der Waals surface area contributed by atoms with Gasteiger partial charge in [-0.05, 0) is 23.3 Å². The number of rotatable bonds is 5. The van der Waals surface area contributed by atoms with Crippen molar-refractivity contribution in [3.05, 3.63) is 48.0 Å². The van der Waals surface area contributed by atoms with Crippen LogP contribution in [-0.2, 0) is 14.8 Å². The van der Waals surface area contributed by atoms with Gasteiger partial charge < -0.3 is 5.32 Å². The van der Waals surface area contributed by atoms with E-state index in [9.17, 15) is 13.2 Å². The molecule has 0 aliphatic heterocycles. The number of amides is 1. The lowest BCUT2D eigenvalue weighted by atomic mass is 9.97. The third-order valence-corrected chi connectivity index (χ3v) is 4.13. The molecule has 0 aromatic heterocycles. The number of nitrogens with one attached hydrogen (secondary N) is 1. The summed E-state index contributed by atoms with van der Waals surface area (Å²) in [6.45, 7) is 1.81. The average Bonchev–Trinajstić information content (AvgIpc) is 2.44. The molecule has 0 spiro atoms. The summed E-state index contributed by atoms with van der Waals surface area (Å²) >= 11 is 0. The molecule has 21 heavy (non-hydrogen) atoms. The number of benzene rings is 2. The Balaban J connectivity index is 2.06. The van der Waals surface area contributed by atoms with E-state index in [0.717, 1.165) is 16.3 Å². The molecule has 1 atom stereocenters. The van der Waals surface area contributed by atoms with E-state index in [4.69, 9.17) is 5.14 Å². The summed E-state index contributed by atoms with van der Waals surface area (Å²) < 4.78 is 21.7. The molecule has 0 aliphatic rings. The number of sulfonamides is 1. The van der Waals surface area contributed by atoms with Gasteiger partial charge in [-0.25, -0.2) is 13.6 Å². The highest BCUT2D eigenvalue weighted by Gasteiger charge is 2.15. The molecule has 0 saturated carbocycles. The summed E-state index contributed by atoms with van der Waals surface area (Å²) in [6.07, 6.45) is 0. The van der Waals surface area contributed by atoms with Crippen molar-refractivity contribution < 1.29 is 13.2 Å². The molecule has 0 bridgehead atoms. The Morgan fingerprint density at radius 1 is 1.19 bits per heavy atom. The second-order valence-corrected chi connectivity index (χ2v) is 6.72. The molecule has 1 amide bonds. The lowest BCUT2D eigenvalue weighted by molar-refractivity contribution is -0.122. The summed E-state index contributed by atoms with van der Waals surface area (Å²) in [5, 5.41) is 9.66. The van der Waals surface area contributed by atoms with Gasteiger partial charge in [0.05, 0.1) is 11.7 Å². The zero-order valence-corrected chi connectivity index (χ0v) is 12.6. The Hall–Kier alpha value is -1.92. The van der Waals surface area contributed by atoms with E-state index in [1.807, 2.05) is 42.5 Å². The van der Waals surface area contributed by atoms with Crippen molar-refractivity contribution in [3.63, 3.8) is 0 Å². The Bertz CT molecular complexity index is 756. The van der Waals surface area contributed by atoms with Crippen LogP contribution in [0.15, 0.2) is 42.5 Å². The highest BCUT2D eigenvalue weighted by atomic mass is 32.2. The third-order valence-electron chi connectivity index (χ3n) is 3.35. The normalized spacial score (nSPS) is 13.0. The molecule has 0 fully saturated rings. The van der Waals surface area contributed by atoms with E-state index in [1.54, 1.807) is 6.92 Å². The summed E-state index contributed by atoms with van der Waals surface area (Å²) in [5.41, 5.74) is 0.891. The molecule has 6 heteroatoms. The topological polar surface area (TPSA) is 89.3 Å². The van der Waals surface area contributed by atoms with Crippen molar-refractivity contribution in [1.29, 1.82) is 0 Å². The van der Waals surface area contributed by atoms with Crippen LogP contribution in [0.2, 0.25) is 0 Å². The predicted octanol–water partition coefficient (Wildman–Crippen LogP) is 1.35. The van der Waals surface area contributed by atoms with Crippen LogP contribution in [0.5, 0.6) is 0 Å². The van der Waals surface area contributed by atoms with Gasteiger partial charge in [-0.15, -0.1) is 0 Å². The fourth-order valence-electron chi connectivity index (χ4n) is 2.10. The zero-order chi connectivity index (χ0) is 15.5. The van der Waals surface area contributed by atoms with Gasteiger partial charge in [-0.2, -0.15) is 0 Å². The highest BCUT2D eigenvalue weighted by Crippen LogP contribution is 2.21. The van der Waals surface area contributed by atoms with Crippen molar-refractivity contribution in [2.24, 2.45) is 5.14 Å². The minimum atomic E-state index is -3.55. The SMILES string of the molecule is CC(C(=O)NCCS(N)(=O)=O)c1ccc2ccccc2c1. The van der Waals surface area contributed by atoms with E-state index < -0.39 is 10.0 Å². The largest absolute Gasteiger partial charge is 0.355 e. The Morgan fingerprint density at radius 2 is 1.86 bits per heavy atom. The molecule has 2 rings (SSSR count). The fraction of sp³-hybridized carbons (Fsp3) is 0.267. The van der Waals surface area contributed by atoms with Crippen molar-refractivity contribution in [2.75, 3.05) is 12.3 Å². The van der Waals surface area contributed by atoms with Crippen LogP contribution in [0.3, 0.4) is 0 Å². The Labute approximate surface area is 124 Å². The van der Waals surface area contributed by atoms with Crippen LogP contribution in [0.1, 0.15) is 18.4 Å². The van der Waals surface area contributed by atoms with Gasteiger partial charge in [-0.1, -0.05) is 42.5 Å². The molecule has 5 nitrogen and oxygen atoms in total. The number of hydrogen-bond donors (Lipinski definition) is 2. The summed E-state index contributed by atoms with van der Waals surface area (Å²) in [4.78, 5) is 12.0. The molecule has 0 saturated heterocycles. The highest BCUT2D eigenvalue weighted by molar-refractivity contribution is 7.89. The number of nitrogens with two attached hydrogens (primary N) is 1. The van der Waals surface area contributed by atoms with E-state index in [0.29, 0.717) is 0 Å². The van der Waals surface area contributed by atoms with Gasteiger partial charge in [0.15, 0.2) is 0 Å². The molecule has 0 aliphatic carbocycles. The standard InChI is InChI=1S/C15H18N2O3S/c1-11(15(18)17-8-9-21(16,19)20)13-7-6-12-4-2-3-5-14(12)10-13/h2-7,10-11H,8-9H2,1H3,(H,17,18)(H2,16,19,20). The number of carbonyl (C=O) groups excluding carboxylic acids is 1. The molecule has 0 radical (unpaired) electrons. The van der Waals surface area contributed by atoms with Gasteiger partial charge in [0.2, 0.25) is 15.9 Å². The predicted molar refractivity (Wildman–Crippen MR) is 83.3 cm³/mol. The number of primary sulfonamides is 1. The lowest BCUT2D eigenvalue weighted by Gasteiger charge is -2.13. The number of fused-ring (bicyclic) bond motifs is 1. The molecular weight excluding hydrogens is 288 g/mol. The van der Waals surface area contributed by atoms with E-state index in [1.165, 1.54) is 0 Å². The molecule has 0 heterocycles. The molecule has 2 aromatic carbocycles. The van der Waals surface area contributed by atoms with Crippen molar-refractivity contribution in [2.45, 2.75) is 12.8 Å². The van der Waals surface area contributed by atoms with Gasteiger partial charge in [0.25, 0.3) is 0 Å². The molecular formula is C15H18N2O3S. The van der Waals surface area contributed by atoms with Crippen LogP contribution in [0.4, 0.5) is 0 Å². The first-order chi connectivity index (χ1) is 9.87. The molecule has 1 unspecified atom stereocenters. The maximum atomic E-state index is 12.0. The van der Waals surface area contributed by atoms with Crippen LogP contribution in [0.25, 0.3) is 10.8 Å². The van der Waals surface area contributed by atoms with Crippen LogP contribution < -0.4 is 10.5 Å². The van der Waals surface area contributed by atoms with Gasteiger partial charge in [0.1, 0.15) is 0 Å². The summed E-state index contributed by atoms with van der Waals surface area (Å²) in [6, 6.07) is 13.8. The minimum Gasteiger partial charge on any atom is -0.355 e. The maximum Gasteiger partial charge on any atom is 0.227 e. The van der Waals surface area contributed by atoms with E-state index in [-0.39, 0.29) is 24.1 Å². The van der Waals surface area contributed by atoms with Gasteiger partial charge in [0, 0.05) is 6.54 Å². The Kier molecular flexibility index (Phi) is 4.59. The van der Waals surface area contributed by atoms with Crippen molar-refractivity contribution in [1.82, 2.24) is 5.32 Å². The second kappa shape index (κ2) is 6.24. The second-order valence-electron chi connectivity index (χ2n) is 4.99. The lowest BCUT2D eigenvalue weighted by Crippen LogP contribution is -2.33. The van der Waals surface area contributed by atoms with Crippen LogP contribution in [-0.4, -0.2) is 26.6 Å². The number of hydrogen-bond acceptors (Lipinski definition) is 3. The first kappa shape index (κ1) is 15.5. The fourth-order valence-corrected chi connectivity index (χ4v) is 2.48. The van der Waals surface area contributed by atoms with E-state index in [2.05, 4.69) is 5.32 Å². The summed E-state index contributed by atoms with van der Waals surface area (Å²) in [7, 11) is -3.55. The Morgan fingerprint density at radius 3 is 2.52 bits per heavy atom. The van der Waals surface area contributed by atoms with Crippen molar-refractivity contribution in [3.8, 4) is 0 Å². The van der Waals surface area contributed by atoms with Gasteiger partial charge >= 0.3 is 0 Å². The molecule has 3 N–H and O–H groups in total.